The molecule has 1 rings (SSSR count). The molecule has 1 fully saturated rings. The van der Waals surface area contributed by atoms with Crippen LogP contribution in [-0.4, -0.2) is 43.3 Å². The second-order valence-corrected chi connectivity index (χ2v) is 5.94. The van der Waals surface area contributed by atoms with Crippen LogP contribution in [0.15, 0.2) is 50.8 Å². The normalized spacial score (nSPS) is 22.4. The minimum absolute atomic E-state index is 0.0271. The maximum atomic E-state index is 12.5. The molecule has 4 atom stereocenters. The first kappa shape index (κ1) is 22.2. The summed E-state index contributed by atoms with van der Waals surface area (Å²) in [6.07, 6.45) is 5.52. The van der Waals surface area contributed by atoms with Crippen LogP contribution in [0.25, 0.3) is 0 Å². The van der Waals surface area contributed by atoms with Gasteiger partial charge in [0.1, 0.15) is 25.4 Å². The van der Waals surface area contributed by atoms with Crippen LogP contribution in [0.2, 0.25) is 0 Å². The molecule has 4 unspecified atom stereocenters. The van der Waals surface area contributed by atoms with E-state index < -0.39 is 35.8 Å². The van der Waals surface area contributed by atoms with Gasteiger partial charge in [-0.2, -0.15) is 0 Å². The first-order chi connectivity index (χ1) is 13.0. The lowest BCUT2D eigenvalue weighted by molar-refractivity contribution is -0.161. The predicted octanol–water partition coefficient (Wildman–Crippen LogP) is 2.49. The average Bonchev–Trinajstić information content (AvgIpc) is 2.67. The van der Waals surface area contributed by atoms with Crippen molar-refractivity contribution in [1.82, 2.24) is 0 Å². The Morgan fingerprint density at radius 2 is 1.70 bits per heavy atom. The van der Waals surface area contributed by atoms with Crippen molar-refractivity contribution < 1.29 is 33.3 Å². The molecule has 1 aliphatic carbocycles. The molecule has 7 nitrogen and oxygen atoms in total. The van der Waals surface area contributed by atoms with Gasteiger partial charge in [-0.1, -0.05) is 32.4 Å². The van der Waals surface area contributed by atoms with Gasteiger partial charge in [0, 0.05) is 18.1 Å². The van der Waals surface area contributed by atoms with Gasteiger partial charge in [0.25, 0.3) is 0 Å². The summed E-state index contributed by atoms with van der Waals surface area (Å²) in [4.78, 5) is 35.5. The van der Waals surface area contributed by atoms with Crippen LogP contribution in [0.5, 0.6) is 0 Å². The largest absolute Gasteiger partial charge is 0.498 e. The Bertz CT molecular complexity index is 581. The maximum absolute atomic E-state index is 12.5. The van der Waals surface area contributed by atoms with Gasteiger partial charge in [0.2, 0.25) is 0 Å². The first-order valence-electron chi connectivity index (χ1n) is 8.62. The van der Waals surface area contributed by atoms with Gasteiger partial charge in [-0.15, -0.1) is 0 Å². The van der Waals surface area contributed by atoms with E-state index in [-0.39, 0.29) is 19.3 Å². The summed E-state index contributed by atoms with van der Waals surface area (Å²) < 4.78 is 21.1. The van der Waals surface area contributed by atoms with Crippen LogP contribution in [0.4, 0.5) is 0 Å². The summed E-state index contributed by atoms with van der Waals surface area (Å²) in [5.74, 6) is -2.95. The van der Waals surface area contributed by atoms with Gasteiger partial charge in [-0.05, 0) is 19.3 Å². The lowest BCUT2D eigenvalue weighted by Crippen LogP contribution is -2.44. The molecule has 7 heteroatoms. The van der Waals surface area contributed by atoms with Crippen LogP contribution < -0.4 is 0 Å². The Labute approximate surface area is 159 Å². The summed E-state index contributed by atoms with van der Waals surface area (Å²) in [5, 5.41) is 0. The molecule has 0 aromatic carbocycles. The second kappa shape index (κ2) is 11.7. The number of esters is 3. The fourth-order valence-electron chi connectivity index (χ4n) is 3.02. The van der Waals surface area contributed by atoms with Crippen molar-refractivity contribution in [3.05, 3.63) is 50.8 Å². The molecule has 148 valence electrons. The molecule has 0 radical (unpaired) electrons. The van der Waals surface area contributed by atoms with Crippen molar-refractivity contribution in [2.24, 2.45) is 11.8 Å². The summed E-state index contributed by atoms with van der Waals surface area (Å²) in [6.45, 7) is 13.6. The van der Waals surface area contributed by atoms with E-state index in [1.807, 2.05) is 0 Å². The number of ether oxygens (including phenoxy) is 4. The van der Waals surface area contributed by atoms with Crippen LogP contribution in [-0.2, 0) is 33.3 Å². The SMILES string of the molecule is C=CCOC(=O)C(COC(=O)C=C)C1CC(OC(=O)C=C)CCC1OC=C. The predicted molar refractivity (Wildman–Crippen MR) is 98.3 cm³/mol. The van der Waals surface area contributed by atoms with Gasteiger partial charge in [0.05, 0.1) is 12.2 Å². The molecular formula is C20H26O7. The van der Waals surface area contributed by atoms with E-state index in [0.29, 0.717) is 19.3 Å². The van der Waals surface area contributed by atoms with Gasteiger partial charge in [-0.25, -0.2) is 9.59 Å². The van der Waals surface area contributed by atoms with E-state index in [1.54, 1.807) is 0 Å². The van der Waals surface area contributed by atoms with Crippen molar-refractivity contribution in [3.63, 3.8) is 0 Å². The van der Waals surface area contributed by atoms with E-state index in [9.17, 15) is 14.4 Å². The van der Waals surface area contributed by atoms with Gasteiger partial charge in [0.15, 0.2) is 0 Å². The fraction of sp³-hybridized carbons (Fsp3) is 0.450. The molecule has 0 bridgehead atoms. The third-order valence-corrected chi connectivity index (χ3v) is 4.24. The van der Waals surface area contributed by atoms with Gasteiger partial charge in [-0.3, -0.25) is 4.79 Å². The Morgan fingerprint density at radius 3 is 2.30 bits per heavy atom. The Hall–Kier alpha value is -2.83. The molecule has 0 aromatic heterocycles. The molecular weight excluding hydrogens is 352 g/mol. The molecule has 0 aromatic rings. The minimum atomic E-state index is -0.802. The summed E-state index contributed by atoms with van der Waals surface area (Å²) in [6, 6.07) is 0. The Morgan fingerprint density at radius 1 is 1.00 bits per heavy atom. The summed E-state index contributed by atoms with van der Waals surface area (Å²) >= 11 is 0. The lowest BCUT2D eigenvalue weighted by Gasteiger charge is -2.38. The number of carbonyl (C=O) groups is 3. The van der Waals surface area contributed by atoms with E-state index in [1.165, 1.54) is 12.3 Å². The molecule has 0 N–H and O–H groups in total. The minimum Gasteiger partial charge on any atom is -0.498 e. The highest BCUT2D eigenvalue weighted by molar-refractivity contribution is 5.82. The van der Waals surface area contributed by atoms with Crippen molar-refractivity contribution in [1.29, 1.82) is 0 Å². The van der Waals surface area contributed by atoms with E-state index in [0.717, 1.165) is 12.2 Å². The molecule has 27 heavy (non-hydrogen) atoms. The topological polar surface area (TPSA) is 88.1 Å². The smallest absolute Gasteiger partial charge is 0.330 e. The van der Waals surface area contributed by atoms with Crippen molar-refractivity contribution in [3.8, 4) is 0 Å². The zero-order chi connectivity index (χ0) is 20.2. The standard InChI is InChI=1S/C20H26O7/c1-5-11-25-20(23)16(13-26-18(21)6-2)15-12-14(27-19(22)7-3)9-10-17(15)24-8-4/h5-8,14-17H,1-4,9-13H2. The van der Waals surface area contributed by atoms with Crippen LogP contribution in [0.1, 0.15) is 19.3 Å². The molecule has 0 amide bonds. The van der Waals surface area contributed by atoms with Crippen LogP contribution >= 0.6 is 0 Å². The third-order valence-electron chi connectivity index (χ3n) is 4.24. The number of hydrogen-bond donors (Lipinski definition) is 0. The summed E-state index contributed by atoms with van der Waals surface area (Å²) in [5.41, 5.74) is 0. The summed E-state index contributed by atoms with van der Waals surface area (Å²) in [7, 11) is 0. The number of carbonyl (C=O) groups excluding carboxylic acids is 3. The monoisotopic (exact) mass is 378 g/mol. The maximum Gasteiger partial charge on any atom is 0.330 e. The molecule has 1 saturated carbocycles. The highest BCUT2D eigenvalue weighted by atomic mass is 16.6. The van der Waals surface area contributed by atoms with Crippen molar-refractivity contribution in [2.45, 2.75) is 31.5 Å². The first-order valence-corrected chi connectivity index (χ1v) is 8.62. The highest BCUT2D eigenvalue weighted by Crippen LogP contribution is 2.35. The molecule has 0 saturated heterocycles. The average molecular weight is 378 g/mol. The quantitative estimate of drug-likeness (QED) is 0.179. The van der Waals surface area contributed by atoms with E-state index >= 15 is 0 Å². The highest BCUT2D eigenvalue weighted by Gasteiger charge is 2.42. The van der Waals surface area contributed by atoms with Crippen molar-refractivity contribution in [2.75, 3.05) is 13.2 Å². The van der Waals surface area contributed by atoms with E-state index in [4.69, 9.17) is 18.9 Å². The molecule has 0 heterocycles. The Kier molecular flexibility index (Phi) is 9.64. The molecule has 1 aliphatic rings. The third kappa shape index (κ3) is 7.13. The second-order valence-electron chi connectivity index (χ2n) is 5.94. The number of rotatable bonds is 11. The lowest BCUT2D eigenvalue weighted by atomic mass is 9.76. The van der Waals surface area contributed by atoms with Crippen LogP contribution in [0.3, 0.4) is 0 Å². The fourth-order valence-corrected chi connectivity index (χ4v) is 3.02. The molecule has 0 aliphatic heterocycles. The van der Waals surface area contributed by atoms with E-state index in [2.05, 4.69) is 26.3 Å². The van der Waals surface area contributed by atoms with Gasteiger partial charge < -0.3 is 18.9 Å². The van der Waals surface area contributed by atoms with Gasteiger partial charge >= 0.3 is 17.9 Å². The van der Waals surface area contributed by atoms with Crippen molar-refractivity contribution >= 4 is 17.9 Å². The Balaban J connectivity index is 3.01. The zero-order valence-corrected chi connectivity index (χ0v) is 15.3. The van der Waals surface area contributed by atoms with Crippen LogP contribution in [0, 0.1) is 11.8 Å². The zero-order valence-electron chi connectivity index (χ0n) is 15.3. The molecule has 0 spiro atoms. The number of hydrogen-bond acceptors (Lipinski definition) is 7.